The third-order valence-electron chi connectivity index (χ3n) is 5.25. The van der Waals surface area contributed by atoms with E-state index in [1.54, 1.807) is 0 Å². The van der Waals surface area contributed by atoms with Crippen LogP contribution in [0, 0.1) is 6.92 Å². The maximum absolute atomic E-state index is 12.6. The van der Waals surface area contributed by atoms with E-state index in [0.29, 0.717) is 26.3 Å². The van der Waals surface area contributed by atoms with Gasteiger partial charge >= 0.3 is 0 Å². The molecule has 2 heterocycles. The number of benzene rings is 2. The van der Waals surface area contributed by atoms with E-state index in [1.165, 1.54) is 16.7 Å². The van der Waals surface area contributed by atoms with Crippen molar-refractivity contribution in [3.63, 3.8) is 0 Å². The highest BCUT2D eigenvalue weighted by Crippen LogP contribution is 2.31. The number of ether oxygens (including phenoxy) is 1. The van der Waals surface area contributed by atoms with Crippen molar-refractivity contribution >= 4 is 22.5 Å². The van der Waals surface area contributed by atoms with Gasteiger partial charge in [-0.05, 0) is 48.7 Å². The van der Waals surface area contributed by atoms with Crippen LogP contribution in [0.5, 0.6) is 0 Å². The SMILES string of the molecule is Cc1ccccc1-c1ccnc2cc(N[C@@H](C)C(=O)N3CCOCC3)ccc12. The largest absolute Gasteiger partial charge is 0.378 e. The van der Waals surface area contributed by atoms with Crippen molar-refractivity contribution in [3.05, 3.63) is 60.3 Å². The van der Waals surface area contributed by atoms with Crippen molar-refractivity contribution in [3.8, 4) is 11.1 Å². The Morgan fingerprint density at radius 1 is 1.11 bits per heavy atom. The summed E-state index contributed by atoms with van der Waals surface area (Å²) in [6.07, 6.45) is 1.84. The predicted molar refractivity (Wildman–Crippen MR) is 112 cm³/mol. The number of carbonyl (C=O) groups is 1. The van der Waals surface area contributed by atoms with Crippen LogP contribution in [0.25, 0.3) is 22.0 Å². The lowest BCUT2D eigenvalue weighted by molar-refractivity contribution is -0.135. The highest BCUT2D eigenvalue weighted by Gasteiger charge is 2.22. The molecule has 1 aliphatic heterocycles. The van der Waals surface area contributed by atoms with Crippen LogP contribution in [0.3, 0.4) is 0 Å². The first-order chi connectivity index (χ1) is 13.6. The molecule has 1 saturated heterocycles. The highest BCUT2D eigenvalue weighted by molar-refractivity contribution is 5.96. The summed E-state index contributed by atoms with van der Waals surface area (Å²) in [6, 6.07) is 16.3. The summed E-state index contributed by atoms with van der Waals surface area (Å²) in [5, 5.41) is 4.44. The van der Waals surface area contributed by atoms with Gasteiger partial charge in [0.25, 0.3) is 0 Å². The number of rotatable bonds is 4. The standard InChI is InChI=1S/C23H25N3O2/c1-16-5-3-4-6-19(16)20-9-10-24-22-15-18(7-8-21(20)22)25-17(2)23(27)26-11-13-28-14-12-26/h3-10,15,17,25H,11-14H2,1-2H3/t17-/m0/s1. The third-order valence-corrected chi connectivity index (χ3v) is 5.25. The fraction of sp³-hybridized carbons (Fsp3) is 0.304. The van der Waals surface area contributed by atoms with Crippen molar-refractivity contribution in [2.75, 3.05) is 31.6 Å². The number of anilines is 1. The third kappa shape index (κ3) is 3.71. The van der Waals surface area contributed by atoms with Gasteiger partial charge in [-0.25, -0.2) is 0 Å². The number of nitrogens with one attached hydrogen (secondary N) is 1. The van der Waals surface area contributed by atoms with Crippen molar-refractivity contribution in [2.45, 2.75) is 19.9 Å². The normalized spacial score (nSPS) is 15.4. The van der Waals surface area contributed by atoms with Gasteiger partial charge in [0, 0.05) is 30.4 Å². The Kier molecular flexibility index (Phi) is 5.26. The number of aromatic nitrogens is 1. The predicted octanol–water partition coefficient (Wildman–Crippen LogP) is 3.87. The summed E-state index contributed by atoms with van der Waals surface area (Å²) < 4.78 is 5.33. The van der Waals surface area contributed by atoms with Crippen molar-refractivity contribution < 1.29 is 9.53 Å². The van der Waals surface area contributed by atoms with Gasteiger partial charge in [-0.1, -0.05) is 30.3 Å². The minimum atomic E-state index is -0.296. The van der Waals surface area contributed by atoms with Crippen LogP contribution in [-0.4, -0.2) is 48.1 Å². The smallest absolute Gasteiger partial charge is 0.244 e. The Balaban J connectivity index is 1.58. The Bertz CT molecular complexity index is 996. The molecule has 5 nitrogen and oxygen atoms in total. The molecular formula is C23H25N3O2. The fourth-order valence-corrected chi connectivity index (χ4v) is 3.72. The van der Waals surface area contributed by atoms with Gasteiger partial charge in [0.2, 0.25) is 5.91 Å². The maximum Gasteiger partial charge on any atom is 0.244 e. The first kappa shape index (κ1) is 18.4. The molecule has 3 aromatic rings. The molecular weight excluding hydrogens is 350 g/mol. The lowest BCUT2D eigenvalue weighted by Gasteiger charge is -2.29. The molecule has 1 amide bonds. The molecule has 5 heteroatoms. The van der Waals surface area contributed by atoms with Crippen LogP contribution in [0.15, 0.2) is 54.7 Å². The van der Waals surface area contributed by atoms with Crippen molar-refractivity contribution in [1.82, 2.24) is 9.88 Å². The van der Waals surface area contributed by atoms with Crippen LogP contribution in [-0.2, 0) is 9.53 Å². The Morgan fingerprint density at radius 2 is 1.89 bits per heavy atom. The van der Waals surface area contributed by atoms with Crippen molar-refractivity contribution in [1.29, 1.82) is 0 Å². The zero-order chi connectivity index (χ0) is 19.5. The number of pyridine rings is 1. The van der Waals surface area contributed by atoms with E-state index in [1.807, 2.05) is 30.2 Å². The molecule has 0 unspecified atom stereocenters. The minimum Gasteiger partial charge on any atom is -0.378 e. The summed E-state index contributed by atoms with van der Waals surface area (Å²) in [4.78, 5) is 19.0. The number of hydrogen-bond donors (Lipinski definition) is 1. The first-order valence-electron chi connectivity index (χ1n) is 9.71. The molecule has 0 spiro atoms. The van der Waals surface area contributed by atoms with E-state index in [-0.39, 0.29) is 11.9 Å². The zero-order valence-electron chi connectivity index (χ0n) is 16.3. The molecule has 1 aromatic heterocycles. The molecule has 4 rings (SSSR count). The average Bonchev–Trinajstić information content (AvgIpc) is 2.73. The lowest BCUT2D eigenvalue weighted by Crippen LogP contribution is -2.46. The topological polar surface area (TPSA) is 54.5 Å². The number of amides is 1. The number of carbonyl (C=O) groups excluding carboxylic acids is 1. The molecule has 0 radical (unpaired) electrons. The van der Waals surface area contributed by atoms with E-state index in [4.69, 9.17) is 4.74 Å². The summed E-state index contributed by atoms with van der Waals surface area (Å²) in [6.45, 7) is 6.56. The van der Waals surface area contributed by atoms with Gasteiger partial charge in [0.1, 0.15) is 6.04 Å². The van der Waals surface area contributed by atoms with E-state index in [2.05, 4.69) is 53.6 Å². The molecule has 1 atom stereocenters. The lowest BCUT2D eigenvalue weighted by atomic mass is 9.97. The van der Waals surface area contributed by atoms with Crippen LogP contribution < -0.4 is 5.32 Å². The summed E-state index contributed by atoms with van der Waals surface area (Å²) in [5.41, 5.74) is 5.44. The molecule has 144 valence electrons. The van der Waals surface area contributed by atoms with Gasteiger partial charge in [-0.3, -0.25) is 9.78 Å². The van der Waals surface area contributed by atoms with Crippen LogP contribution in [0.4, 0.5) is 5.69 Å². The number of fused-ring (bicyclic) bond motifs is 1. The molecule has 2 aromatic carbocycles. The summed E-state index contributed by atoms with van der Waals surface area (Å²) >= 11 is 0. The molecule has 0 bridgehead atoms. The van der Waals surface area contributed by atoms with Crippen LogP contribution in [0.2, 0.25) is 0 Å². The second-order valence-electron chi connectivity index (χ2n) is 7.21. The fourth-order valence-electron chi connectivity index (χ4n) is 3.72. The zero-order valence-corrected chi connectivity index (χ0v) is 16.3. The molecule has 0 aliphatic carbocycles. The highest BCUT2D eigenvalue weighted by atomic mass is 16.5. The van der Waals surface area contributed by atoms with Crippen LogP contribution >= 0.6 is 0 Å². The summed E-state index contributed by atoms with van der Waals surface area (Å²) in [5.74, 6) is 0.102. The van der Waals surface area contributed by atoms with Gasteiger partial charge in [0.05, 0.1) is 18.7 Å². The monoisotopic (exact) mass is 375 g/mol. The van der Waals surface area contributed by atoms with Gasteiger partial charge in [-0.15, -0.1) is 0 Å². The van der Waals surface area contributed by atoms with Gasteiger partial charge < -0.3 is 15.0 Å². The van der Waals surface area contributed by atoms with E-state index in [0.717, 1.165) is 16.6 Å². The van der Waals surface area contributed by atoms with Gasteiger partial charge in [-0.2, -0.15) is 0 Å². The van der Waals surface area contributed by atoms with Gasteiger partial charge in [0.15, 0.2) is 0 Å². The summed E-state index contributed by atoms with van der Waals surface area (Å²) in [7, 11) is 0. The molecule has 28 heavy (non-hydrogen) atoms. The first-order valence-corrected chi connectivity index (χ1v) is 9.71. The van der Waals surface area contributed by atoms with E-state index < -0.39 is 0 Å². The molecule has 1 aliphatic rings. The number of aryl methyl sites for hydroxylation is 1. The second-order valence-corrected chi connectivity index (χ2v) is 7.21. The Morgan fingerprint density at radius 3 is 2.68 bits per heavy atom. The Labute approximate surface area is 165 Å². The number of morpholine rings is 1. The quantitative estimate of drug-likeness (QED) is 0.752. The van der Waals surface area contributed by atoms with Crippen LogP contribution in [0.1, 0.15) is 12.5 Å². The van der Waals surface area contributed by atoms with E-state index in [9.17, 15) is 4.79 Å². The Hall–Kier alpha value is -2.92. The van der Waals surface area contributed by atoms with Crippen molar-refractivity contribution in [2.24, 2.45) is 0 Å². The maximum atomic E-state index is 12.6. The molecule has 0 saturated carbocycles. The molecule has 1 N–H and O–H groups in total. The van der Waals surface area contributed by atoms with E-state index >= 15 is 0 Å². The molecule has 1 fully saturated rings. The second kappa shape index (κ2) is 7.98. The average molecular weight is 375 g/mol. The minimum absolute atomic E-state index is 0.102. The number of hydrogen-bond acceptors (Lipinski definition) is 4. The number of nitrogens with zero attached hydrogens (tertiary/aromatic N) is 2.